The average Bonchev–Trinajstić information content (AvgIpc) is 3.66. The number of esters is 1. The Morgan fingerprint density at radius 2 is 1.85 bits per heavy atom. The Bertz CT molecular complexity index is 1360. The van der Waals surface area contributed by atoms with Crippen LogP contribution in [0.2, 0.25) is 0 Å². The van der Waals surface area contributed by atoms with Crippen molar-refractivity contribution in [2.45, 2.75) is 57.0 Å². The first-order valence-electron chi connectivity index (χ1n) is 14.6. The summed E-state index contributed by atoms with van der Waals surface area (Å²) >= 11 is 0. The summed E-state index contributed by atoms with van der Waals surface area (Å²) in [7, 11) is 1.47. The molecule has 0 radical (unpaired) electrons. The van der Waals surface area contributed by atoms with Crippen molar-refractivity contribution < 1.29 is 23.0 Å². The summed E-state index contributed by atoms with van der Waals surface area (Å²) in [5.74, 6) is 1.43. The summed E-state index contributed by atoms with van der Waals surface area (Å²) in [6, 6.07) is 9.13. The molecule has 1 N–H and O–H groups in total. The van der Waals surface area contributed by atoms with E-state index >= 15 is 0 Å². The van der Waals surface area contributed by atoms with Crippen molar-refractivity contribution in [3.8, 4) is 5.82 Å². The lowest BCUT2D eigenvalue weighted by Gasteiger charge is -2.37. The number of likely N-dealkylation sites (tertiary alicyclic amines) is 1. The van der Waals surface area contributed by atoms with Gasteiger partial charge in [0.25, 0.3) is 6.43 Å². The van der Waals surface area contributed by atoms with Crippen LogP contribution in [0.15, 0.2) is 30.3 Å². The third-order valence-electron chi connectivity index (χ3n) is 8.63. The van der Waals surface area contributed by atoms with Crippen molar-refractivity contribution in [1.82, 2.24) is 24.4 Å². The molecule has 1 aliphatic carbocycles. The van der Waals surface area contributed by atoms with Gasteiger partial charge in [0.05, 0.1) is 31.4 Å². The van der Waals surface area contributed by atoms with Crippen molar-refractivity contribution in [2.75, 3.05) is 56.7 Å². The number of benzene rings is 1. The molecule has 220 valence electrons. The highest BCUT2D eigenvalue weighted by Gasteiger charge is 2.37. The number of halogens is 2. The van der Waals surface area contributed by atoms with Crippen LogP contribution in [-0.2, 0) is 14.3 Å². The zero-order valence-electron chi connectivity index (χ0n) is 23.3. The SMILES string of the molecule is COC(=O)[C@@H]1CCCN1[C@H]1CC[C@H](CNc2cc(-n3c(C(F)F)nc4ccccc43)nc(N3CCOCC3)n2)CC1. The second-order valence-corrected chi connectivity index (χ2v) is 11.1. The lowest BCUT2D eigenvalue weighted by Crippen LogP contribution is -2.45. The van der Waals surface area contributed by atoms with Crippen LogP contribution in [0, 0.1) is 5.92 Å². The minimum Gasteiger partial charge on any atom is -0.468 e. The van der Waals surface area contributed by atoms with Crippen molar-refractivity contribution in [1.29, 1.82) is 0 Å². The first-order chi connectivity index (χ1) is 20.0. The number of methoxy groups -OCH3 is 1. The fourth-order valence-corrected chi connectivity index (χ4v) is 6.51. The maximum Gasteiger partial charge on any atom is 0.323 e. The van der Waals surface area contributed by atoms with Gasteiger partial charge >= 0.3 is 5.97 Å². The van der Waals surface area contributed by atoms with Gasteiger partial charge in [-0.2, -0.15) is 9.97 Å². The Kier molecular flexibility index (Phi) is 8.29. The van der Waals surface area contributed by atoms with Crippen molar-refractivity contribution in [2.24, 2.45) is 5.92 Å². The van der Waals surface area contributed by atoms with Gasteiger partial charge in [0.1, 0.15) is 17.7 Å². The molecule has 0 spiro atoms. The van der Waals surface area contributed by atoms with Gasteiger partial charge in [-0.05, 0) is 63.1 Å². The van der Waals surface area contributed by atoms with Gasteiger partial charge in [-0.15, -0.1) is 0 Å². The summed E-state index contributed by atoms with van der Waals surface area (Å²) < 4.78 is 40.2. The molecule has 1 aromatic carbocycles. The van der Waals surface area contributed by atoms with Crippen LogP contribution in [0.3, 0.4) is 0 Å². The smallest absolute Gasteiger partial charge is 0.323 e. The minimum atomic E-state index is -2.76. The van der Waals surface area contributed by atoms with Crippen LogP contribution >= 0.6 is 0 Å². The summed E-state index contributed by atoms with van der Waals surface area (Å²) in [5.41, 5.74) is 1.07. The number of morpholine rings is 1. The van der Waals surface area contributed by atoms with Crippen molar-refractivity contribution >= 4 is 28.8 Å². The maximum absolute atomic E-state index is 14.1. The number of alkyl halides is 2. The van der Waals surface area contributed by atoms with Crippen LogP contribution in [0.25, 0.3) is 16.9 Å². The second-order valence-electron chi connectivity index (χ2n) is 11.1. The van der Waals surface area contributed by atoms with Gasteiger partial charge < -0.3 is 19.7 Å². The van der Waals surface area contributed by atoms with E-state index in [0.717, 1.165) is 51.6 Å². The van der Waals surface area contributed by atoms with Gasteiger partial charge in [0, 0.05) is 31.7 Å². The number of nitrogens with one attached hydrogen (secondary N) is 1. The number of hydrogen-bond acceptors (Lipinski definition) is 9. The third-order valence-corrected chi connectivity index (χ3v) is 8.63. The standard InChI is InChI=1S/C29H37F2N7O3/c1-40-28(39)23-7-4-12-37(23)20-10-8-19(9-11-20)18-32-24-17-25(35-29(34-24)36-13-15-41-16-14-36)38-22-6-3-2-5-21(22)33-27(38)26(30)31/h2-3,5-6,17,19-20,23,26H,4,7-16,18H2,1H3,(H,32,34,35)/t19-,20-,23-/m0/s1. The molecule has 1 saturated carbocycles. The van der Waals surface area contributed by atoms with Crippen LogP contribution in [0.4, 0.5) is 20.5 Å². The number of anilines is 2. The third kappa shape index (κ3) is 5.85. The van der Waals surface area contributed by atoms with Gasteiger partial charge in [-0.25, -0.2) is 13.8 Å². The minimum absolute atomic E-state index is 0.116. The van der Waals surface area contributed by atoms with Crippen LogP contribution in [0.5, 0.6) is 0 Å². The maximum atomic E-state index is 14.1. The Morgan fingerprint density at radius 3 is 2.61 bits per heavy atom. The molecule has 41 heavy (non-hydrogen) atoms. The molecule has 1 atom stereocenters. The Morgan fingerprint density at radius 1 is 1.07 bits per heavy atom. The van der Waals surface area contributed by atoms with Crippen molar-refractivity contribution in [3.63, 3.8) is 0 Å². The van der Waals surface area contributed by atoms with Gasteiger partial charge in [0.2, 0.25) is 5.95 Å². The van der Waals surface area contributed by atoms with Crippen LogP contribution in [-0.4, -0.2) is 89.0 Å². The average molecular weight is 570 g/mol. The molecule has 0 amide bonds. The number of nitrogens with zero attached hydrogens (tertiary/aromatic N) is 6. The topological polar surface area (TPSA) is 97.6 Å². The molecule has 3 aromatic rings. The Hall–Kier alpha value is -3.38. The normalized spacial score (nSPS) is 23.8. The number of imidazole rings is 1. The van der Waals surface area contributed by atoms with Crippen molar-refractivity contribution in [3.05, 3.63) is 36.2 Å². The van der Waals surface area contributed by atoms with E-state index < -0.39 is 6.43 Å². The molecule has 0 bridgehead atoms. The first-order valence-corrected chi connectivity index (χ1v) is 14.6. The lowest BCUT2D eigenvalue weighted by molar-refractivity contribution is -0.147. The van der Waals surface area contributed by atoms with E-state index in [9.17, 15) is 13.6 Å². The molecule has 4 heterocycles. The van der Waals surface area contributed by atoms with Crippen LogP contribution < -0.4 is 10.2 Å². The number of fused-ring (bicyclic) bond motifs is 1. The highest BCUT2D eigenvalue weighted by atomic mass is 19.3. The zero-order valence-corrected chi connectivity index (χ0v) is 23.3. The van der Waals surface area contributed by atoms with E-state index in [1.54, 1.807) is 24.3 Å². The number of aromatic nitrogens is 4. The van der Waals surface area contributed by atoms with Gasteiger partial charge in [-0.3, -0.25) is 14.3 Å². The van der Waals surface area contributed by atoms with E-state index in [1.807, 2.05) is 11.0 Å². The number of para-hydroxylation sites is 2. The number of carbonyl (C=O) groups is 1. The molecule has 0 unspecified atom stereocenters. The number of carbonyl (C=O) groups excluding carboxylic acids is 1. The highest BCUT2D eigenvalue weighted by molar-refractivity contribution is 5.78. The predicted octanol–water partition coefficient (Wildman–Crippen LogP) is 4.20. The Balaban J connectivity index is 1.21. The summed E-state index contributed by atoms with van der Waals surface area (Å²) in [5, 5.41) is 3.50. The number of rotatable bonds is 8. The summed E-state index contributed by atoms with van der Waals surface area (Å²) in [4.78, 5) is 30.3. The quantitative estimate of drug-likeness (QED) is 0.401. The van der Waals surface area contributed by atoms with Gasteiger partial charge in [0.15, 0.2) is 5.82 Å². The van der Waals surface area contributed by atoms with Gasteiger partial charge in [-0.1, -0.05) is 12.1 Å². The summed E-state index contributed by atoms with van der Waals surface area (Å²) in [6.45, 7) is 4.04. The molecule has 6 rings (SSSR count). The summed E-state index contributed by atoms with van der Waals surface area (Å²) in [6.07, 6.45) is 3.29. The van der Waals surface area contributed by atoms with E-state index in [-0.39, 0.29) is 17.8 Å². The Labute approximate surface area is 238 Å². The highest BCUT2D eigenvalue weighted by Crippen LogP contribution is 2.33. The fraction of sp³-hybridized carbons (Fsp3) is 0.586. The number of hydrogen-bond donors (Lipinski definition) is 1. The molecule has 10 nitrogen and oxygen atoms in total. The van der Waals surface area contributed by atoms with E-state index in [2.05, 4.69) is 15.2 Å². The molecular formula is C29H37F2N7O3. The zero-order chi connectivity index (χ0) is 28.3. The predicted molar refractivity (Wildman–Crippen MR) is 151 cm³/mol. The van der Waals surface area contributed by atoms with E-state index in [4.69, 9.17) is 19.4 Å². The fourth-order valence-electron chi connectivity index (χ4n) is 6.51. The molecule has 2 aromatic heterocycles. The first kappa shape index (κ1) is 27.8. The largest absolute Gasteiger partial charge is 0.468 e. The lowest BCUT2D eigenvalue weighted by atomic mass is 9.85. The molecule has 12 heteroatoms. The molecular weight excluding hydrogens is 532 g/mol. The van der Waals surface area contributed by atoms with E-state index in [1.165, 1.54) is 11.7 Å². The molecule has 2 aliphatic heterocycles. The molecule has 2 saturated heterocycles. The van der Waals surface area contributed by atoms with Crippen LogP contribution in [0.1, 0.15) is 50.8 Å². The monoisotopic (exact) mass is 569 g/mol. The number of ether oxygens (including phenoxy) is 2. The van der Waals surface area contributed by atoms with E-state index in [0.29, 0.717) is 66.9 Å². The molecule has 3 fully saturated rings. The molecule has 3 aliphatic rings. The second kappa shape index (κ2) is 12.2.